The van der Waals surface area contributed by atoms with E-state index >= 15 is 0 Å². The Morgan fingerprint density at radius 2 is 2.35 bits per heavy atom. The molecule has 0 fully saturated rings. The summed E-state index contributed by atoms with van der Waals surface area (Å²) < 4.78 is 10.8. The molecule has 1 aliphatic rings. The first kappa shape index (κ1) is 13.8. The van der Waals surface area contributed by atoms with Gasteiger partial charge in [0.1, 0.15) is 0 Å². The smallest absolute Gasteiger partial charge is 0.196 e. The molecular formula is C15H20N2O2S. The van der Waals surface area contributed by atoms with Crippen molar-refractivity contribution < 1.29 is 9.15 Å². The quantitative estimate of drug-likeness (QED) is 0.797. The molecular weight excluding hydrogens is 272 g/mol. The molecule has 0 amide bonds. The van der Waals surface area contributed by atoms with Gasteiger partial charge in [-0.2, -0.15) is 0 Å². The van der Waals surface area contributed by atoms with Gasteiger partial charge in [0.15, 0.2) is 11.7 Å². The van der Waals surface area contributed by atoms with E-state index in [0.717, 1.165) is 37.8 Å². The van der Waals surface area contributed by atoms with Crippen molar-refractivity contribution in [2.24, 2.45) is 0 Å². The molecule has 20 heavy (non-hydrogen) atoms. The van der Waals surface area contributed by atoms with Crippen LogP contribution >= 0.6 is 11.3 Å². The summed E-state index contributed by atoms with van der Waals surface area (Å²) in [6.07, 6.45) is 6.41. The van der Waals surface area contributed by atoms with Crippen molar-refractivity contribution in [3.63, 3.8) is 0 Å². The standard InChI is InChI=1S/C15H20N2O2S/c1-18-8-7-16-6-5-15-17-10-12(19-15)14-9-11-3-2-4-13(11)20-14/h9-10,16H,2-8H2,1H3. The number of ether oxygens (including phenoxy) is 1. The third-order valence-electron chi connectivity index (χ3n) is 3.54. The van der Waals surface area contributed by atoms with Gasteiger partial charge in [-0.3, -0.25) is 0 Å². The number of aryl methyl sites for hydroxylation is 2. The molecule has 108 valence electrons. The molecule has 0 atom stereocenters. The lowest BCUT2D eigenvalue weighted by Crippen LogP contribution is -2.21. The van der Waals surface area contributed by atoms with Crippen LogP contribution in [0.15, 0.2) is 16.7 Å². The van der Waals surface area contributed by atoms with Crippen LogP contribution in [0.3, 0.4) is 0 Å². The summed E-state index contributed by atoms with van der Waals surface area (Å²) in [5, 5.41) is 3.29. The fraction of sp³-hybridized carbons (Fsp3) is 0.533. The second kappa shape index (κ2) is 6.52. The predicted molar refractivity (Wildman–Crippen MR) is 80.3 cm³/mol. The summed E-state index contributed by atoms with van der Waals surface area (Å²) in [5.41, 5.74) is 1.50. The van der Waals surface area contributed by atoms with Gasteiger partial charge in [0, 0.05) is 31.5 Å². The van der Waals surface area contributed by atoms with E-state index in [1.807, 2.05) is 17.5 Å². The molecule has 3 rings (SSSR count). The van der Waals surface area contributed by atoms with E-state index in [-0.39, 0.29) is 0 Å². The highest BCUT2D eigenvalue weighted by molar-refractivity contribution is 7.15. The van der Waals surface area contributed by atoms with Gasteiger partial charge in [-0.25, -0.2) is 4.98 Å². The van der Waals surface area contributed by atoms with Crippen LogP contribution in [0.25, 0.3) is 10.6 Å². The summed E-state index contributed by atoms with van der Waals surface area (Å²) in [5.74, 6) is 1.72. The third kappa shape index (κ3) is 3.11. The van der Waals surface area contributed by atoms with E-state index in [1.165, 1.54) is 34.6 Å². The van der Waals surface area contributed by atoms with Crippen molar-refractivity contribution in [3.8, 4) is 10.6 Å². The van der Waals surface area contributed by atoms with Crippen molar-refractivity contribution in [3.05, 3.63) is 28.6 Å². The van der Waals surface area contributed by atoms with E-state index in [9.17, 15) is 0 Å². The Morgan fingerprint density at radius 1 is 1.40 bits per heavy atom. The second-order valence-electron chi connectivity index (χ2n) is 5.02. The van der Waals surface area contributed by atoms with Gasteiger partial charge in [-0.1, -0.05) is 0 Å². The summed E-state index contributed by atoms with van der Waals surface area (Å²) in [7, 11) is 1.71. The Bertz CT molecular complexity index is 540. The molecule has 0 bridgehead atoms. The molecule has 0 saturated heterocycles. The van der Waals surface area contributed by atoms with Crippen LogP contribution < -0.4 is 5.32 Å². The van der Waals surface area contributed by atoms with E-state index in [2.05, 4.69) is 16.4 Å². The minimum atomic E-state index is 0.734. The number of thiophene rings is 1. The Labute approximate surface area is 123 Å². The van der Waals surface area contributed by atoms with Gasteiger partial charge in [-0.15, -0.1) is 11.3 Å². The third-order valence-corrected chi connectivity index (χ3v) is 4.79. The van der Waals surface area contributed by atoms with E-state index in [4.69, 9.17) is 9.15 Å². The van der Waals surface area contributed by atoms with Crippen molar-refractivity contribution in [1.82, 2.24) is 10.3 Å². The number of aromatic nitrogens is 1. The first-order valence-electron chi connectivity index (χ1n) is 7.13. The van der Waals surface area contributed by atoms with Crippen LogP contribution in [0.2, 0.25) is 0 Å². The number of hydrogen-bond donors (Lipinski definition) is 1. The van der Waals surface area contributed by atoms with Crippen LogP contribution in [-0.2, 0) is 24.0 Å². The van der Waals surface area contributed by atoms with Gasteiger partial charge >= 0.3 is 0 Å². The average molecular weight is 292 g/mol. The fourth-order valence-corrected chi connectivity index (χ4v) is 3.68. The fourth-order valence-electron chi connectivity index (χ4n) is 2.48. The van der Waals surface area contributed by atoms with Gasteiger partial charge < -0.3 is 14.5 Å². The maximum absolute atomic E-state index is 5.84. The van der Waals surface area contributed by atoms with Crippen LogP contribution in [0, 0.1) is 0 Å². The molecule has 4 nitrogen and oxygen atoms in total. The molecule has 0 saturated carbocycles. The zero-order valence-electron chi connectivity index (χ0n) is 11.8. The van der Waals surface area contributed by atoms with Crippen LogP contribution in [0.5, 0.6) is 0 Å². The monoisotopic (exact) mass is 292 g/mol. The predicted octanol–water partition coefficient (Wildman–Crippen LogP) is 2.67. The van der Waals surface area contributed by atoms with Gasteiger partial charge in [0.25, 0.3) is 0 Å². The van der Waals surface area contributed by atoms with E-state index < -0.39 is 0 Å². The summed E-state index contributed by atoms with van der Waals surface area (Å²) >= 11 is 1.86. The van der Waals surface area contributed by atoms with E-state index in [1.54, 1.807) is 7.11 Å². The lowest BCUT2D eigenvalue weighted by Gasteiger charge is -2.00. The molecule has 2 heterocycles. The zero-order valence-corrected chi connectivity index (χ0v) is 12.6. The molecule has 1 aliphatic carbocycles. The SMILES string of the molecule is COCCNCCc1ncc(-c2cc3c(s2)CCC3)o1. The molecule has 2 aromatic rings. The second-order valence-corrected chi connectivity index (χ2v) is 6.16. The Kier molecular flexibility index (Phi) is 4.50. The first-order valence-corrected chi connectivity index (χ1v) is 7.95. The Balaban J connectivity index is 1.56. The zero-order chi connectivity index (χ0) is 13.8. The minimum absolute atomic E-state index is 0.734. The number of methoxy groups -OCH3 is 1. The van der Waals surface area contributed by atoms with Crippen molar-refractivity contribution >= 4 is 11.3 Å². The van der Waals surface area contributed by atoms with Gasteiger partial charge in [0.2, 0.25) is 0 Å². The van der Waals surface area contributed by atoms with Crippen LogP contribution in [-0.4, -0.2) is 31.8 Å². The molecule has 1 N–H and O–H groups in total. The molecule has 0 spiro atoms. The van der Waals surface area contributed by atoms with Crippen LogP contribution in [0.1, 0.15) is 22.8 Å². The molecule has 5 heteroatoms. The molecule has 0 aromatic carbocycles. The number of rotatable bonds is 7. The number of nitrogens with zero attached hydrogens (tertiary/aromatic N) is 1. The normalized spacial score (nSPS) is 13.8. The number of oxazole rings is 1. The number of nitrogens with one attached hydrogen (secondary N) is 1. The summed E-state index contributed by atoms with van der Waals surface area (Å²) in [4.78, 5) is 7.11. The minimum Gasteiger partial charge on any atom is -0.440 e. The summed E-state index contributed by atoms with van der Waals surface area (Å²) in [6.45, 7) is 2.46. The van der Waals surface area contributed by atoms with Crippen molar-refractivity contribution in [2.45, 2.75) is 25.7 Å². The molecule has 2 aromatic heterocycles. The molecule has 0 unspecified atom stereocenters. The lowest BCUT2D eigenvalue weighted by atomic mass is 10.2. The number of fused-ring (bicyclic) bond motifs is 1. The topological polar surface area (TPSA) is 47.3 Å². The first-order chi connectivity index (χ1) is 9.86. The van der Waals surface area contributed by atoms with Crippen molar-refractivity contribution in [1.29, 1.82) is 0 Å². The number of hydrogen-bond acceptors (Lipinski definition) is 5. The van der Waals surface area contributed by atoms with E-state index in [0.29, 0.717) is 0 Å². The molecule has 0 radical (unpaired) electrons. The Morgan fingerprint density at radius 3 is 3.20 bits per heavy atom. The van der Waals surface area contributed by atoms with Gasteiger partial charge in [0.05, 0.1) is 17.7 Å². The summed E-state index contributed by atoms with van der Waals surface area (Å²) in [6, 6.07) is 2.27. The Hall–Kier alpha value is -1.17. The highest BCUT2D eigenvalue weighted by Gasteiger charge is 2.17. The van der Waals surface area contributed by atoms with Gasteiger partial charge in [-0.05, 0) is 30.9 Å². The highest BCUT2D eigenvalue weighted by Crippen LogP contribution is 2.36. The maximum atomic E-state index is 5.84. The maximum Gasteiger partial charge on any atom is 0.196 e. The van der Waals surface area contributed by atoms with Crippen LogP contribution in [0.4, 0.5) is 0 Å². The highest BCUT2D eigenvalue weighted by atomic mass is 32.1. The largest absolute Gasteiger partial charge is 0.440 e. The lowest BCUT2D eigenvalue weighted by molar-refractivity contribution is 0.199. The average Bonchev–Trinajstić information content (AvgIpc) is 3.12. The van der Waals surface area contributed by atoms with Crippen molar-refractivity contribution in [2.75, 3.05) is 26.8 Å². The molecule has 0 aliphatic heterocycles.